The Bertz CT molecular complexity index is 600. The van der Waals surface area contributed by atoms with Crippen molar-refractivity contribution < 1.29 is 14.1 Å². The number of furan rings is 1. The van der Waals surface area contributed by atoms with Crippen molar-refractivity contribution in [2.24, 2.45) is 10.7 Å². The predicted octanol–water partition coefficient (Wildman–Crippen LogP) is 1.67. The summed E-state index contributed by atoms with van der Waals surface area (Å²) in [4.78, 5) is 24.9. The molecule has 0 saturated heterocycles. The van der Waals surface area contributed by atoms with Crippen molar-refractivity contribution in [1.29, 1.82) is 0 Å². The van der Waals surface area contributed by atoms with Gasteiger partial charge >= 0.3 is 5.88 Å². The van der Waals surface area contributed by atoms with Gasteiger partial charge in [0.2, 0.25) is 0 Å². The Hall–Kier alpha value is -2.35. The number of nitrogens with zero attached hydrogens (tertiary/aromatic N) is 2. The van der Waals surface area contributed by atoms with Crippen LogP contribution in [-0.2, 0) is 4.79 Å². The third kappa shape index (κ3) is 2.66. The molecule has 0 fully saturated rings. The molecule has 0 aromatic carbocycles. The van der Waals surface area contributed by atoms with Crippen LogP contribution in [0.15, 0.2) is 38.6 Å². The van der Waals surface area contributed by atoms with Crippen LogP contribution >= 0.6 is 11.8 Å². The van der Waals surface area contributed by atoms with E-state index >= 15 is 0 Å². The van der Waals surface area contributed by atoms with Gasteiger partial charge in [-0.3, -0.25) is 14.9 Å². The van der Waals surface area contributed by atoms with Gasteiger partial charge in [-0.15, -0.1) is 0 Å². The molecule has 1 aromatic heterocycles. The molecule has 0 saturated carbocycles. The number of carbonyl (C=O) groups excluding carboxylic acids is 1. The molecule has 92 valence electrons. The molecule has 1 aromatic rings. The second-order valence-electron chi connectivity index (χ2n) is 3.18. The van der Waals surface area contributed by atoms with E-state index in [9.17, 15) is 14.9 Å². The van der Waals surface area contributed by atoms with E-state index < -0.39 is 10.8 Å². The van der Waals surface area contributed by atoms with Gasteiger partial charge in [0.15, 0.2) is 5.17 Å². The van der Waals surface area contributed by atoms with Crippen LogP contribution in [-0.4, -0.2) is 16.0 Å². The normalized spacial score (nSPS) is 17.7. The first-order chi connectivity index (χ1) is 8.56. The number of amidine groups is 1. The van der Waals surface area contributed by atoms with Crippen molar-refractivity contribution in [3.63, 3.8) is 0 Å². The molecule has 0 atom stereocenters. The van der Waals surface area contributed by atoms with E-state index in [-0.39, 0.29) is 11.1 Å². The topological polar surface area (TPSA) is 112 Å². The standard InChI is InChI=1S/C10H7N3O4S/c11-10-12-9(14)7(18-10)3-1-2-6-4-5-8(17-6)13(15)16/h1-5H,(H2,11,12,14)/b2-1+,7-3+. The van der Waals surface area contributed by atoms with Crippen LogP contribution in [0.1, 0.15) is 5.76 Å². The molecule has 0 bridgehead atoms. The molecular weight excluding hydrogens is 258 g/mol. The molecule has 7 nitrogen and oxygen atoms in total. The minimum absolute atomic E-state index is 0.202. The number of nitrogens with two attached hydrogens (primary N) is 1. The zero-order valence-corrected chi connectivity index (χ0v) is 9.72. The van der Waals surface area contributed by atoms with Crippen LogP contribution in [0.4, 0.5) is 5.88 Å². The summed E-state index contributed by atoms with van der Waals surface area (Å²) in [5, 5.41) is 10.6. The van der Waals surface area contributed by atoms with Crippen LogP contribution in [0, 0.1) is 10.1 Å². The number of aliphatic imine (C=N–C) groups is 1. The second-order valence-corrected chi connectivity index (χ2v) is 4.24. The Morgan fingerprint density at radius 2 is 2.28 bits per heavy atom. The number of rotatable bonds is 3. The highest BCUT2D eigenvalue weighted by molar-refractivity contribution is 8.18. The average molecular weight is 265 g/mol. The maximum Gasteiger partial charge on any atom is 0.433 e. The van der Waals surface area contributed by atoms with E-state index in [2.05, 4.69) is 4.99 Å². The molecule has 18 heavy (non-hydrogen) atoms. The lowest BCUT2D eigenvalue weighted by molar-refractivity contribution is -0.402. The molecule has 1 amide bonds. The Morgan fingerprint density at radius 1 is 1.50 bits per heavy atom. The molecule has 0 spiro atoms. The zero-order valence-electron chi connectivity index (χ0n) is 8.90. The minimum atomic E-state index is -0.624. The third-order valence-electron chi connectivity index (χ3n) is 1.94. The quantitative estimate of drug-likeness (QED) is 0.505. The van der Waals surface area contributed by atoms with Gasteiger partial charge in [0.05, 0.1) is 11.0 Å². The SMILES string of the molecule is NC1=NC(=O)/C(=C\C=C\c2ccc([N+](=O)[O-])o2)S1. The summed E-state index contributed by atoms with van der Waals surface area (Å²) in [6, 6.07) is 2.71. The smallest absolute Gasteiger partial charge is 0.401 e. The fourth-order valence-corrected chi connectivity index (χ4v) is 1.83. The lowest BCUT2D eigenvalue weighted by atomic mass is 10.3. The molecule has 1 aliphatic heterocycles. The number of hydrogen-bond acceptors (Lipinski definition) is 6. The van der Waals surface area contributed by atoms with Gasteiger partial charge < -0.3 is 10.2 Å². The molecule has 2 N–H and O–H groups in total. The molecule has 2 rings (SSSR count). The monoisotopic (exact) mass is 265 g/mol. The average Bonchev–Trinajstić information content (AvgIpc) is 2.87. The van der Waals surface area contributed by atoms with E-state index in [0.717, 1.165) is 11.8 Å². The van der Waals surface area contributed by atoms with Gasteiger partial charge in [-0.25, -0.2) is 0 Å². The summed E-state index contributed by atoms with van der Waals surface area (Å²) in [5.74, 6) is -0.406. The Kier molecular flexibility index (Phi) is 3.28. The first-order valence-corrected chi connectivity index (χ1v) is 5.57. The molecule has 0 aliphatic carbocycles. The third-order valence-corrected chi connectivity index (χ3v) is 2.77. The van der Waals surface area contributed by atoms with Crippen LogP contribution < -0.4 is 5.73 Å². The summed E-state index contributed by atoms with van der Waals surface area (Å²) in [6.45, 7) is 0. The molecule has 8 heteroatoms. The van der Waals surface area contributed by atoms with Gasteiger partial charge in [0.25, 0.3) is 5.91 Å². The van der Waals surface area contributed by atoms with Gasteiger partial charge in [0.1, 0.15) is 10.7 Å². The van der Waals surface area contributed by atoms with E-state index in [1.165, 1.54) is 30.4 Å². The maximum absolute atomic E-state index is 11.2. The molecule has 0 radical (unpaired) electrons. The fraction of sp³-hybridized carbons (Fsp3) is 0. The van der Waals surface area contributed by atoms with Crippen LogP contribution in [0.2, 0.25) is 0 Å². The van der Waals surface area contributed by atoms with Crippen molar-refractivity contribution in [1.82, 2.24) is 0 Å². The lowest BCUT2D eigenvalue weighted by Gasteiger charge is -1.87. The van der Waals surface area contributed by atoms with E-state index in [0.29, 0.717) is 10.7 Å². The van der Waals surface area contributed by atoms with Crippen molar-refractivity contribution in [2.75, 3.05) is 0 Å². The second kappa shape index (κ2) is 4.88. The first kappa shape index (κ1) is 12.1. The van der Waals surface area contributed by atoms with E-state index in [1.54, 1.807) is 0 Å². The highest BCUT2D eigenvalue weighted by atomic mass is 32.2. The van der Waals surface area contributed by atoms with Crippen molar-refractivity contribution in [3.8, 4) is 0 Å². The Balaban J connectivity index is 2.06. The number of amides is 1. The molecule has 1 aliphatic rings. The molecular formula is C10H7N3O4S. The highest BCUT2D eigenvalue weighted by Gasteiger charge is 2.18. The largest absolute Gasteiger partial charge is 0.433 e. The van der Waals surface area contributed by atoms with Gasteiger partial charge in [-0.2, -0.15) is 4.99 Å². The van der Waals surface area contributed by atoms with E-state index in [4.69, 9.17) is 10.2 Å². The number of hydrogen-bond donors (Lipinski definition) is 1. The minimum Gasteiger partial charge on any atom is -0.401 e. The molecule has 0 unspecified atom stereocenters. The molecule has 2 heterocycles. The number of carbonyl (C=O) groups is 1. The Labute approximate surface area is 105 Å². The van der Waals surface area contributed by atoms with Crippen molar-refractivity contribution in [2.45, 2.75) is 0 Å². The first-order valence-electron chi connectivity index (χ1n) is 4.75. The summed E-state index contributed by atoms with van der Waals surface area (Å²) in [7, 11) is 0. The Morgan fingerprint density at radius 3 is 2.83 bits per heavy atom. The number of nitro groups is 1. The summed E-state index contributed by atoms with van der Waals surface area (Å²) >= 11 is 1.07. The van der Waals surface area contributed by atoms with Gasteiger partial charge in [-0.05, 0) is 30.0 Å². The lowest BCUT2D eigenvalue weighted by Crippen LogP contribution is -2.01. The summed E-state index contributed by atoms with van der Waals surface area (Å²) in [5.41, 5.74) is 5.37. The van der Waals surface area contributed by atoms with E-state index in [1.807, 2.05) is 0 Å². The zero-order chi connectivity index (χ0) is 13.1. The van der Waals surface area contributed by atoms with Gasteiger partial charge in [0, 0.05) is 0 Å². The van der Waals surface area contributed by atoms with Crippen molar-refractivity contribution in [3.05, 3.63) is 45.1 Å². The maximum atomic E-state index is 11.2. The van der Waals surface area contributed by atoms with Crippen molar-refractivity contribution >= 4 is 34.8 Å². The fourth-order valence-electron chi connectivity index (χ4n) is 1.20. The summed E-state index contributed by atoms with van der Waals surface area (Å²) < 4.78 is 4.90. The van der Waals surface area contributed by atoms with Gasteiger partial charge in [-0.1, -0.05) is 6.08 Å². The van der Waals surface area contributed by atoms with Crippen LogP contribution in [0.25, 0.3) is 6.08 Å². The number of thioether (sulfide) groups is 1. The highest BCUT2D eigenvalue weighted by Crippen LogP contribution is 2.24. The van der Waals surface area contributed by atoms with Crippen LogP contribution in [0.5, 0.6) is 0 Å². The predicted molar refractivity (Wildman–Crippen MR) is 66.7 cm³/mol. The number of allylic oxidation sites excluding steroid dienone is 2. The summed E-state index contributed by atoms with van der Waals surface area (Å²) in [6.07, 6.45) is 4.56. The van der Waals surface area contributed by atoms with Crippen LogP contribution in [0.3, 0.4) is 0 Å².